The van der Waals surface area contributed by atoms with Crippen LogP contribution in [0.3, 0.4) is 0 Å². The van der Waals surface area contributed by atoms with Gasteiger partial charge in [0, 0.05) is 24.6 Å². The highest BCUT2D eigenvalue weighted by Gasteiger charge is 2.19. The fraction of sp³-hybridized carbons (Fsp3) is 0.714. The molecule has 0 aliphatic heterocycles. The van der Waals surface area contributed by atoms with Gasteiger partial charge in [-0.2, -0.15) is 0 Å². The van der Waals surface area contributed by atoms with E-state index < -0.39 is 0 Å². The Labute approximate surface area is 116 Å². The molecule has 0 fully saturated rings. The van der Waals surface area contributed by atoms with Crippen molar-refractivity contribution in [2.45, 2.75) is 59.4 Å². The second kappa shape index (κ2) is 6.70. The van der Waals surface area contributed by atoms with Crippen LogP contribution < -0.4 is 16.2 Å². The standard InChI is InChI=1S/C14H27N5/c1-7-11(8-2)19(6)14-10(5)13(18-15)16-12(17-14)9(3)4/h9,11H,7-8,15H2,1-6H3,(H,16,17,18). The zero-order chi connectivity index (χ0) is 14.6. The molecule has 5 nitrogen and oxygen atoms in total. The minimum Gasteiger partial charge on any atom is -0.356 e. The maximum atomic E-state index is 5.57. The fourth-order valence-electron chi connectivity index (χ4n) is 2.27. The molecular formula is C14H27N5. The first-order valence-corrected chi connectivity index (χ1v) is 7.04. The van der Waals surface area contributed by atoms with Crippen molar-refractivity contribution in [3.8, 4) is 0 Å². The quantitative estimate of drug-likeness (QED) is 0.611. The summed E-state index contributed by atoms with van der Waals surface area (Å²) in [6.07, 6.45) is 2.19. The van der Waals surface area contributed by atoms with E-state index in [9.17, 15) is 0 Å². The van der Waals surface area contributed by atoms with Crippen LogP contribution in [-0.4, -0.2) is 23.1 Å². The van der Waals surface area contributed by atoms with Crippen LogP contribution in [0.4, 0.5) is 11.6 Å². The third kappa shape index (κ3) is 3.35. The Bertz CT molecular complexity index is 413. The molecule has 1 rings (SSSR count). The predicted octanol–water partition coefficient (Wildman–Crippen LogP) is 2.82. The summed E-state index contributed by atoms with van der Waals surface area (Å²) < 4.78 is 0. The normalized spacial score (nSPS) is 11.2. The Morgan fingerprint density at radius 2 is 1.79 bits per heavy atom. The summed E-state index contributed by atoms with van der Waals surface area (Å²) >= 11 is 0. The number of nitrogens with one attached hydrogen (secondary N) is 1. The SMILES string of the molecule is CCC(CC)N(C)c1nc(C(C)C)nc(NN)c1C. The zero-order valence-corrected chi connectivity index (χ0v) is 13.0. The molecule has 108 valence electrons. The second-order valence-electron chi connectivity index (χ2n) is 5.26. The molecule has 0 aliphatic rings. The van der Waals surface area contributed by atoms with E-state index in [2.05, 4.69) is 50.1 Å². The average molecular weight is 265 g/mol. The molecule has 19 heavy (non-hydrogen) atoms. The smallest absolute Gasteiger partial charge is 0.148 e. The first-order chi connectivity index (χ1) is 8.96. The van der Waals surface area contributed by atoms with E-state index >= 15 is 0 Å². The topological polar surface area (TPSA) is 67.1 Å². The maximum Gasteiger partial charge on any atom is 0.148 e. The van der Waals surface area contributed by atoms with Crippen LogP contribution in [0.5, 0.6) is 0 Å². The highest BCUT2D eigenvalue weighted by Crippen LogP contribution is 2.27. The molecule has 5 heteroatoms. The molecule has 0 unspecified atom stereocenters. The molecule has 0 saturated heterocycles. The number of nitrogens with zero attached hydrogens (tertiary/aromatic N) is 3. The number of anilines is 2. The van der Waals surface area contributed by atoms with Gasteiger partial charge >= 0.3 is 0 Å². The monoisotopic (exact) mass is 265 g/mol. The molecule has 0 amide bonds. The summed E-state index contributed by atoms with van der Waals surface area (Å²) in [6.45, 7) is 10.6. The van der Waals surface area contributed by atoms with Crippen molar-refractivity contribution in [1.29, 1.82) is 0 Å². The van der Waals surface area contributed by atoms with E-state index in [0.29, 0.717) is 11.9 Å². The van der Waals surface area contributed by atoms with E-state index in [1.165, 1.54) is 0 Å². The molecule has 3 N–H and O–H groups in total. The molecule has 0 aromatic carbocycles. The lowest BCUT2D eigenvalue weighted by Crippen LogP contribution is -2.32. The van der Waals surface area contributed by atoms with Gasteiger partial charge in [-0.1, -0.05) is 27.7 Å². The predicted molar refractivity (Wildman–Crippen MR) is 81.4 cm³/mol. The van der Waals surface area contributed by atoms with Gasteiger partial charge in [-0.3, -0.25) is 0 Å². The van der Waals surface area contributed by atoms with Crippen LogP contribution in [0.15, 0.2) is 0 Å². The van der Waals surface area contributed by atoms with Gasteiger partial charge in [0.2, 0.25) is 0 Å². The summed E-state index contributed by atoms with van der Waals surface area (Å²) in [4.78, 5) is 11.4. The lowest BCUT2D eigenvalue weighted by molar-refractivity contribution is 0.582. The van der Waals surface area contributed by atoms with Crippen molar-refractivity contribution in [2.75, 3.05) is 17.4 Å². The van der Waals surface area contributed by atoms with Gasteiger partial charge in [0.25, 0.3) is 0 Å². The lowest BCUT2D eigenvalue weighted by Gasteiger charge is -2.29. The first kappa shape index (κ1) is 15.7. The number of nitrogens with two attached hydrogens (primary N) is 1. The molecular weight excluding hydrogens is 238 g/mol. The highest BCUT2D eigenvalue weighted by atomic mass is 15.3. The highest BCUT2D eigenvalue weighted by molar-refractivity contribution is 5.58. The Morgan fingerprint density at radius 1 is 1.21 bits per heavy atom. The van der Waals surface area contributed by atoms with Crippen LogP contribution in [0.2, 0.25) is 0 Å². The molecule has 1 aromatic rings. The van der Waals surface area contributed by atoms with Crippen LogP contribution in [0.1, 0.15) is 57.8 Å². The van der Waals surface area contributed by atoms with Gasteiger partial charge in [-0.15, -0.1) is 0 Å². The van der Waals surface area contributed by atoms with E-state index in [4.69, 9.17) is 10.8 Å². The van der Waals surface area contributed by atoms with E-state index in [0.717, 1.165) is 30.0 Å². The number of rotatable bonds is 6. The number of aromatic nitrogens is 2. The number of nitrogen functional groups attached to an aromatic ring is 1. The van der Waals surface area contributed by atoms with E-state index in [1.807, 2.05) is 6.92 Å². The average Bonchev–Trinajstić information content (AvgIpc) is 2.39. The summed E-state index contributed by atoms with van der Waals surface area (Å²) in [5.74, 6) is 8.36. The Balaban J connectivity index is 3.28. The minimum absolute atomic E-state index is 0.279. The second-order valence-corrected chi connectivity index (χ2v) is 5.26. The zero-order valence-electron chi connectivity index (χ0n) is 13.0. The van der Waals surface area contributed by atoms with Crippen molar-refractivity contribution >= 4 is 11.6 Å². The van der Waals surface area contributed by atoms with Crippen LogP contribution in [0.25, 0.3) is 0 Å². The van der Waals surface area contributed by atoms with Gasteiger partial charge in [0.15, 0.2) is 0 Å². The van der Waals surface area contributed by atoms with Gasteiger partial charge in [-0.25, -0.2) is 15.8 Å². The van der Waals surface area contributed by atoms with Crippen molar-refractivity contribution in [3.63, 3.8) is 0 Å². The van der Waals surface area contributed by atoms with Gasteiger partial charge in [0.1, 0.15) is 17.5 Å². The van der Waals surface area contributed by atoms with Crippen LogP contribution in [0, 0.1) is 6.92 Å². The van der Waals surface area contributed by atoms with Gasteiger partial charge in [-0.05, 0) is 19.8 Å². The molecule has 0 saturated carbocycles. The van der Waals surface area contributed by atoms with Crippen molar-refractivity contribution < 1.29 is 0 Å². The van der Waals surface area contributed by atoms with Crippen LogP contribution >= 0.6 is 0 Å². The molecule has 0 radical (unpaired) electrons. The fourth-order valence-corrected chi connectivity index (χ4v) is 2.27. The summed E-state index contributed by atoms with van der Waals surface area (Å²) in [5.41, 5.74) is 3.68. The van der Waals surface area contributed by atoms with Gasteiger partial charge in [0.05, 0.1) is 0 Å². The summed E-state index contributed by atoms with van der Waals surface area (Å²) in [7, 11) is 2.09. The Kier molecular flexibility index (Phi) is 5.54. The number of hydrogen-bond donors (Lipinski definition) is 2. The Hall–Kier alpha value is -1.36. The molecule has 1 heterocycles. The molecule has 0 atom stereocenters. The maximum absolute atomic E-state index is 5.57. The van der Waals surface area contributed by atoms with Crippen molar-refractivity contribution in [2.24, 2.45) is 5.84 Å². The van der Waals surface area contributed by atoms with Gasteiger partial charge < -0.3 is 10.3 Å². The minimum atomic E-state index is 0.279. The molecule has 0 bridgehead atoms. The summed E-state index contributed by atoms with van der Waals surface area (Å²) in [5, 5.41) is 0. The van der Waals surface area contributed by atoms with Crippen molar-refractivity contribution in [3.05, 3.63) is 11.4 Å². The third-order valence-corrected chi connectivity index (χ3v) is 3.61. The van der Waals surface area contributed by atoms with E-state index in [-0.39, 0.29) is 5.92 Å². The Morgan fingerprint density at radius 3 is 2.21 bits per heavy atom. The molecule has 0 aliphatic carbocycles. The molecule has 1 aromatic heterocycles. The van der Waals surface area contributed by atoms with Crippen molar-refractivity contribution in [1.82, 2.24) is 9.97 Å². The largest absolute Gasteiger partial charge is 0.356 e. The van der Waals surface area contributed by atoms with E-state index in [1.54, 1.807) is 0 Å². The third-order valence-electron chi connectivity index (χ3n) is 3.61. The number of hydrazine groups is 1. The molecule has 0 spiro atoms. The lowest BCUT2D eigenvalue weighted by atomic mass is 10.1. The number of hydrogen-bond acceptors (Lipinski definition) is 5. The van der Waals surface area contributed by atoms with Crippen LogP contribution in [-0.2, 0) is 0 Å². The first-order valence-electron chi connectivity index (χ1n) is 7.04. The summed E-state index contributed by atoms with van der Waals surface area (Å²) in [6, 6.07) is 0.485.